The number of rotatable bonds is 1. The maximum Gasteiger partial charge on any atom is 0.290 e. The van der Waals surface area contributed by atoms with E-state index in [4.69, 9.17) is 0 Å². The largest absolute Gasteiger partial charge is 0.290 e. The molecule has 2 amide bonds. The predicted octanol–water partition coefficient (Wildman–Crippen LogP) is 3.16. The fourth-order valence-electron chi connectivity index (χ4n) is 1.87. The lowest BCUT2D eigenvalue weighted by atomic mass is 10.1. The van der Waals surface area contributed by atoms with Crippen LogP contribution < -0.4 is 5.32 Å². The standard InChI is InChI=1S/C14H9NO2S/c16-13-12(18-14(17)15-13)8-9-5-6-10-3-1-2-4-11(10)7-9/h1-8H,(H,15,16,17)/b12-8+. The zero-order valence-corrected chi connectivity index (χ0v) is 10.2. The number of carbonyl (C=O) groups excluding carboxylic acids is 2. The third kappa shape index (κ3) is 2.02. The van der Waals surface area contributed by atoms with E-state index in [2.05, 4.69) is 5.32 Å². The van der Waals surface area contributed by atoms with Gasteiger partial charge in [0, 0.05) is 0 Å². The number of hydrogen-bond acceptors (Lipinski definition) is 3. The van der Waals surface area contributed by atoms with Gasteiger partial charge in [-0.3, -0.25) is 14.9 Å². The third-order valence-corrected chi connectivity index (χ3v) is 3.52. The Morgan fingerprint density at radius 2 is 1.78 bits per heavy atom. The molecule has 0 radical (unpaired) electrons. The molecule has 1 saturated heterocycles. The molecule has 0 aromatic heterocycles. The van der Waals surface area contributed by atoms with E-state index in [1.165, 1.54) is 0 Å². The molecule has 1 heterocycles. The van der Waals surface area contributed by atoms with E-state index in [1.54, 1.807) is 6.08 Å². The van der Waals surface area contributed by atoms with Gasteiger partial charge in [0.15, 0.2) is 0 Å². The number of hydrogen-bond donors (Lipinski definition) is 1. The first-order valence-corrected chi connectivity index (χ1v) is 6.28. The Morgan fingerprint density at radius 3 is 2.50 bits per heavy atom. The normalized spacial score (nSPS) is 17.4. The fourth-order valence-corrected chi connectivity index (χ4v) is 2.55. The van der Waals surface area contributed by atoms with Crippen LogP contribution in [0.3, 0.4) is 0 Å². The Bertz CT molecular complexity index is 691. The van der Waals surface area contributed by atoms with E-state index >= 15 is 0 Å². The molecule has 3 nitrogen and oxygen atoms in total. The molecule has 1 N–H and O–H groups in total. The number of imide groups is 1. The number of carbonyl (C=O) groups is 2. The van der Waals surface area contributed by atoms with Crippen molar-refractivity contribution in [1.82, 2.24) is 5.32 Å². The maximum absolute atomic E-state index is 11.4. The van der Waals surface area contributed by atoms with Gasteiger partial charge in [0.2, 0.25) is 0 Å². The van der Waals surface area contributed by atoms with E-state index in [1.807, 2.05) is 42.5 Å². The summed E-state index contributed by atoms with van der Waals surface area (Å²) >= 11 is 0.935. The van der Waals surface area contributed by atoms with Crippen molar-refractivity contribution in [1.29, 1.82) is 0 Å². The summed E-state index contributed by atoms with van der Waals surface area (Å²) in [5, 5.41) is 4.19. The molecule has 0 atom stereocenters. The Hall–Kier alpha value is -2.07. The monoisotopic (exact) mass is 255 g/mol. The van der Waals surface area contributed by atoms with Crippen LogP contribution in [0.5, 0.6) is 0 Å². The highest BCUT2D eigenvalue weighted by Gasteiger charge is 2.24. The van der Waals surface area contributed by atoms with Gasteiger partial charge in [-0.05, 0) is 40.2 Å². The topological polar surface area (TPSA) is 46.2 Å². The average molecular weight is 255 g/mol. The minimum absolute atomic E-state index is 0.313. The van der Waals surface area contributed by atoms with Crippen molar-refractivity contribution < 1.29 is 9.59 Å². The first-order chi connectivity index (χ1) is 8.72. The summed E-state index contributed by atoms with van der Waals surface area (Å²) in [4.78, 5) is 22.9. The fraction of sp³-hybridized carbons (Fsp3) is 0. The highest BCUT2D eigenvalue weighted by molar-refractivity contribution is 8.18. The van der Waals surface area contributed by atoms with Crippen LogP contribution in [-0.4, -0.2) is 11.1 Å². The number of thioether (sulfide) groups is 1. The number of benzene rings is 2. The molecule has 2 aromatic rings. The molecule has 1 aliphatic heterocycles. The molecule has 1 fully saturated rings. The first kappa shape index (κ1) is 11.0. The Balaban J connectivity index is 2.02. The summed E-state index contributed by atoms with van der Waals surface area (Å²) in [5.74, 6) is -0.321. The molecule has 0 saturated carbocycles. The SMILES string of the molecule is O=C1NC(=O)/C(=C\c2ccc3ccccc3c2)S1. The van der Waals surface area contributed by atoms with Gasteiger partial charge in [0.1, 0.15) is 0 Å². The van der Waals surface area contributed by atoms with Crippen molar-refractivity contribution in [2.24, 2.45) is 0 Å². The lowest BCUT2D eigenvalue weighted by molar-refractivity contribution is -0.115. The summed E-state index contributed by atoms with van der Waals surface area (Å²) in [5.41, 5.74) is 0.918. The Labute approximate surface area is 108 Å². The molecular formula is C14H9NO2S. The van der Waals surface area contributed by atoms with Gasteiger partial charge in [-0.1, -0.05) is 36.4 Å². The van der Waals surface area contributed by atoms with Crippen molar-refractivity contribution in [2.75, 3.05) is 0 Å². The van der Waals surface area contributed by atoms with Crippen LogP contribution in [-0.2, 0) is 4.79 Å². The van der Waals surface area contributed by atoms with Crippen molar-refractivity contribution in [2.45, 2.75) is 0 Å². The van der Waals surface area contributed by atoms with E-state index in [9.17, 15) is 9.59 Å². The minimum atomic E-state index is -0.321. The van der Waals surface area contributed by atoms with Crippen LogP contribution >= 0.6 is 11.8 Å². The van der Waals surface area contributed by atoms with Crippen LogP contribution in [0, 0.1) is 0 Å². The average Bonchev–Trinajstić information content (AvgIpc) is 2.68. The molecule has 0 bridgehead atoms. The predicted molar refractivity (Wildman–Crippen MR) is 73.1 cm³/mol. The molecular weight excluding hydrogens is 246 g/mol. The van der Waals surface area contributed by atoms with Gasteiger partial charge in [0.25, 0.3) is 11.1 Å². The van der Waals surface area contributed by atoms with Crippen LogP contribution in [0.2, 0.25) is 0 Å². The second-order valence-corrected chi connectivity index (χ2v) is 4.97. The second kappa shape index (κ2) is 4.31. The summed E-state index contributed by atoms with van der Waals surface area (Å²) in [7, 11) is 0. The van der Waals surface area contributed by atoms with Crippen LogP contribution in [0.25, 0.3) is 16.8 Å². The lowest BCUT2D eigenvalue weighted by Crippen LogP contribution is -2.17. The molecule has 0 aliphatic carbocycles. The van der Waals surface area contributed by atoms with E-state index in [0.29, 0.717) is 4.91 Å². The maximum atomic E-state index is 11.4. The molecule has 2 aromatic carbocycles. The molecule has 1 aliphatic rings. The smallest absolute Gasteiger partial charge is 0.282 e. The molecule has 4 heteroatoms. The van der Waals surface area contributed by atoms with E-state index < -0.39 is 0 Å². The highest BCUT2D eigenvalue weighted by atomic mass is 32.2. The van der Waals surface area contributed by atoms with Crippen LogP contribution in [0.15, 0.2) is 47.4 Å². The van der Waals surface area contributed by atoms with Gasteiger partial charge in [-0.2, -0.15) is 0 Å². The highest BCUT2D eigenvalue weighted by Crippen LogP contribution is 2.26. The number of amides is 2. The quantitative estimate of drug-likeness (QED) is 0.796. The zero-order chi connectivity index (χ0) is 12.5. The van der Waals surface area contributed by atoms with Gasteiger partial charge >= 0.3 is 0 Å². The molecule has 88 valence electrons. The van der Waals surface area contributed by atoms with Crippen LogP contribution in [0.1, 0.15) is 5.56 Å². The van der Waals surface area contributed by atoms with Crippen LogP contribution in [0.4, 0.5) is 4.79 Å². The number of nitrogens with one attached hydrogen (secondary N) is 1. The lowest BCUT2D eigenvalue weighted by Gasteiger charge is -1.99. The summed E-state index contributed by atoms with van der Waals surface area (Å²) < 4.78 is 0. The number of fused-ring (bicyclic) bond motifs is 1. The van der Waals surface area contributed by atoms with Gasteiger partial charge < -0.3 is 0 Å². The second-order valence-electron chi connectivity index (χ2n) is 3.96. The van der Waals surface area contributed by atoms with Crippen molar-refractivity contribution >= 4 is 39.8 Å². The van der Waals surface area contributed by atoms with E-state index in [0.717, 1.165) is 28.1 Å². The van der Waals surface area contributed by atoms with E-state index in [-0.39, 0.29) is 11.1 Å². The molecule has 18 heavy (non-hydrogen) atoms. The summed E-state index contributed by atoms with van der Waals surface area (Å²) in [6.45, 7) is 0. The first-order valence-electron chi connectivity index (χ1n) is 5.46. The van der Waals surface area contributed by atoms with Crippen molar-refractivity contribution in [3.63, 3.8) is 0 Å². The molecule has 0 unspecified atom stereocenters. The van der Waals surface area contributed by atoms with Crippen molar-refractivity contribution in [3.8, 4) is 0 Å². The van der Waals surface area contributed by atoms with Gasteiger partial charge in [0.05, 0.1) is 4.91 Å². The van der Waals surface area contributed by atoms with Gasteiger partial charge in [-0.25, -0.2) is 0 Å². The van der Waals surface area contributed by atoms with Crippen molar-refractivity contribution in [3.05, 3.63) is 52.9 Å². The zero-order valence-electron chi connectivity index (χ0n) is 9.34. The Morgan fingerprint density at radius 1 is 1.00 bits per heavy atom. The summed E-state index contributed by atoms with van der Waals surface area (Å²) in [6.07, 6.45) is 1.73. The van der Waals surface area contributed by atoms with Gasteiger partial charge in [-0.15, -0.1) is 0 Å². The Kier molecular flexibility index (Phi) is 2.64. The third-order valence-electron chi connectivity index (χ3n) is 2.71. The minimum Gasteiger partial charge on any atom is -0.282 e. The molecule has 3 rings (SSSR count). The molecule has 0 spiro atoms. The summed E-state index contributed by atoms with van der Waals surface area (Å²) in [6, 6.07) is 13.9.